The minimum absolute atomic E-state index is 0.278. The number of nitrogens with zero attached hydrogens (tertiary/aromatic N) is 3. The molecular formula is C17H18F3N3O3. The number of carbonyl (C=O) groups is 1. The number of rotatable bonds is 9. The molecule has 0 spiro atoms. The van der Waals surface area contributed by atoms with Crippen LogP contribution in [0.5, 0.6) is 5.75 Å². The van der Waals surface area contributed by atoms with Crippen molar-refractivity contribution in [1.82, 2.24) is 14.9 Å². The first-order valence-corrected chi connectivity index (χ1v) is 7.72. The van der Waals surface area contributed by atoms with Crippen molar-refractivity contribution >= 4 is 6.47 Å². The third kappa shape index (κ3) is 5.69. The van der Waals surface area contributed by atoms with E-state index in [1.54, 1.807) is 13.1 Å². The van der Waals surface area contributed by atoms with E-state index in [0.29, 0.717) is 36.5 Å². The summed E-state index contributed by atoms with van der Waals surface area (Å²) in [6, 6.07) is 3.59. The van der Waals surface area contributed by atoms with Gasteiger partial charge in [-0.15, -0.1) is 0 Å². The van der Waals surface area contributed by atoms with E-state index in [0.717, 1.165) is 12.1 Å². The normalized spacial score (nSPS) is 12.3. The van der Waals surface area contributed by atoms with Crippen molar-refractivity contribution in [3.05, 3.63) is 42.1 Å². The summed E-state index contributed by atoms with van der Waals surface area (Å²) >= 11 is 0. The first kappa shape index (κ1) is 19.6. The summed E-state index contributed by atoms with van der Waals surface area (Å²) in [7, 11) is 1.82. The highest BCUT2D eigenvalue weighted by molar-refractivity contribution is 5.60. The van der Waals surface area contributed by atoms with Crippen LogP contribution in [0.25, 0.3) is 11.3 Å². The summed E-state index contributed by atoms with van der Waals surface area (Å²) in [5.74, 6) is -1.44. The fourth-order valence-corrected chi connectivity index (χ4v) is 2.39. The van der Waals surface area contributed by atoms with Gasteiger partial charge in [0.15, 0.2) is 11.6 Å². The second-order valence-corrected chi connectivity index (χ2v) is 5.66. The lowest BCUT2D eigenvalue weighted by atomic mass is 10.1. The number of ether oxygens (including phenoxy) is 2. The van der Waals surface area contributed by atoms with E-state index in [1.165, 1.54) is 12.3 Å². The molecule has 2 rings (SSSR count). The molecule has 0 saturated carbocycles. The Morgan fingerprint density at radius 3 is 2.77 bits per heavy atom. The summed E-state index contributed by atoms with van der Waals surface area (Å²) in [6.45, 7) is -0.0492. The van der Waals surface area contributed by atoms with Gasteiger partial charge in [0.2, 0.25) is 0 Å². The van der Waals surface area contributed by atoms with Crippen LogP contribution in [0.15, 0.2) is 30.6 Å². The first-order chi connectivity index (χ1) is 12.4. The molecule has 1 unspecified atom stereocenters. The fraction of sp³-hybridized carbons (Fsp3) is 0.353. The molecule has 0 aliphatic carbocycles. The van der Waals surface area contributed by atoms with Gasteiger partial charge in [-0.25, -0.2) is 9.37 Å². The van der Waals surface area contributed by atoms with E-state index in [4.69, 9.17) is 4.74 Å². The Morgan fingerprint density at radius 2 is 2.08 bits per heavy atom. The van der Waals surface area contributed by atoms with Gasteiger partial charge in [0.25, 0.3) is 6.47 Å². The van der Waals surface area contributed by atoms with Crippen molar-refractivity contribution < 1.29 is 27.4 Å². The quantitative estimate of drug-likeness (QED) is 0.634. The van der Waals surface area contributed by atoms with Crippen LogP contribution in [0.3, 0.4) is 0 Å². The Kier molecular flexibility index (Phi) is 6.90. The summed E-state index contributed by atoms with van der Waals surface area (Å²) < 4.78 is 47.2. The van der Waals surface area contributed by atoms with Crippen LogP contribution in [-0.2, 0) is 16.1 Å². The molecule has 140 valence electrons. The molecule has 0 aliphatic heterocycles. The maximum absolute atomic E-state index is 13.5. The average Bonchev–Trinajstić information content (AvgIpc) is 2.56. The van der Waals surface area contributed by atoms with Gasteiger partial charge in [-0.2, -0.15) is 8.78 Å². The lowest BCUT2D eigenvalue weighted by Gasteiger charge is -2.19. The van der Waals surface area contributed by atoms with Crippen molar-refractivity contribution in [3.63, 3.8) is 0 Å². The molecule has 0 saturated heterocycles. The number of hydrogen-bond acceptors (Lipinski definition) is 6. The molecule has 6 nitrogen and oxygen atoms in total. The van der Waals surface area contributed by atoms with Gasteiger partial charge in [-0.1, -0.05) is 0 Å². The maximum atomic E-state index is 13.5. The van der Waals surface area contributed by atoms with E-state index in [2.05, 4.69) is 14.7 Å². The van der Waals surface area contributed by atoms with Crippen molar-refractivity contribution in [2.75, 3.05) is 13.6 Å². The zero-order chi connectivity index (χ0) is 19.1. The minimum Gasteiger partial charge on any atom is -0.464 e. The number of alkyl halides is 2. The third-order valence-electron chi connectivity index (χ3n) is 3.42. The van der Waals surface area contributed by atoms with Crippen molar-refractivity contribution in [3.8, 4) is 17.0 Å². The molecule has 0 fully saturated rings. The second kappa shape index (κ2) is 9.14. The van der Waals surface area contributed by atoms with Crippen LogP contribution < -0.4 is 4.74 Å². The lowest BCUT2D eigenvalue weighted by Crippen LogP contribution is -2.29. The van der Waals surface area contributed by atoms with Crippen molar-refractivity contribution in [1.29, 1.82) is 0 Å². The molecule has 2 aromatic rings. The number of likely N-dealkylation sites (N-methyl/N-ethyl adjacent to an activating group) is 1. The molecule has 0 radical (unpaired) electrons. The molecule has 1 aromatic carbocycles. The highest BCUT2D eigenvalue weighted by atomic mass is 19.3. The summed E-state index contributed by atoms with van der Waals surface area (Å²) in [6.07, 6.45) is 2.73. The molecule has 1 atom stereocenters. The average molecular weight is 369 g/mol. The minimum atomic E-state index is -3.12. The Labute approximate surface area is 148 Å². The smallest absolute Gasteiger partial charge is 0.387 e. The standard InChI is InChI=1S/C17H18F3N3O3/c1-11(25-10-24)8-23(2)9-13-6-21-7-15(22-13)12-3-4-14(18)16(5-12)26-17(19)20/h3-7,10-11,17H,8-9H2,1-2H3. The molecular weight excluding hydrogens is 351 g/mol. The monoisotopic (exact) mass is 369 g/mol. The maximum Gasteiger partial charge on any atom is 0.387 e. The Balaban J connectivity index is 2.15. The van der Waals surface area contributed by atoms with Gasteiger partial charge in [0, 0.05) is 24.8 Å². The van der Waals surface area contributed by atoms with Crippen LogP contribution in [0.4, 0.5) is 13.2 Å². The summed E-state index contributed by atoms with van der Waals surface area (Å²) in [4.78, 5) is 20.7. The zero-order valence-corrected chi connectivity index (χ0v) is 14.2. The van der Waals surface area contributed by atoms with E-state index in [9.17, 15) is 18.0 Å². The molecule has 0 amide bonds. The van der Waals surface area contributed by atoms with Gasteiger partial charge >= 0.3 is 6.61 Å². The molecule has 0 aliphatic rings. The van der Waals surface area contributed by atoms with Crippen LogP contribution in [0, 0.1) is 5.82 Å². The van der Waals surface area contributed by atoms with E-state index in [-0.39, 0.29) is 6.10 Å². The van der Waals surface area contributed by atoms with E-state index >= 15 is 0 Å². The largest absolute Gasteiger partial charge is 0.464 e. The Hall–Kier alpha value is -2.68. The predicted octanol–water partition coefficient (Wildman–Crippen LogP) is 2.88. The van der Waals surface area contributed by atoms with Crippen LogP contribution in [0.1, 0.15) is 12.6 Å². The number of aromatic nitrogens is 2. The van der Waals surface area contributed by atoms with Crippen molar-refractivity contribution in [2.24, 2.45) is 0 Å². The molecule has 26 heavy (non-hydrogen) atoms. The van der Waals surface area contributed by atoms with Gasteiger partial charge in [-0.3, -0.25) is 14.7 Å². The molecule has 1 aromatic heterocycles. The summed E-state index contributed by atoms with van der Waals surface area (Å²) in [5.41, 5.74) is 1.41. The van der Waals surface area contributed by atoms with Crippen LogP contribution in [0.2, 0.25) is 0 Å². The number of benzene rings is 1. The molecule has 0 bridgehead atoms. The predicted molar refractivity (Wildman–Crippen MR) is 87.0 cm³/mol. The second-order valence-electron chi connectivity index (χ2n) is 5.66. The number of hydrogen-bond donors (Lipinski definition) is 0. The lowest BCUT2D eigenvalue weighted by molar-refractivity contribution is -0.133. The molecule has 9 heteroatoms. The number of carbonyl (C=O) groups excluding carboxylic acids is 1. The van der Waals surface area contributed by atoms with E-state index < -0.39 is 18.2 Å². The topological polar surface area (TPSA) is 64.6 Å². The number of halogens is 3. The van der Waals surface area contributed by atoms with Gasteiger partial charge in [0.05, 0.1) is 17.6 Å². The molecule has 1 heterocycles. The first-order valence-electron chi connectivity index (χ1n) is 7.72. The Bertz CT molecular complexity index is 746. The van der Waals surface area contributed by atoms with E-state index in [1.807, 2.05) is 11.9 Å². The van der Waals surface area contributed by atoms with Gasteiger partial charge in [-0.05, 0) is 32.2 Å². The SMILES string of the molecule is CC(CN(C)Cc1cncc(-c2ccc(F)c(OC(F)F)c2)n1)OC=O. The zero-order valence-electron chi connectivity index (χ0n) is 14.2. The highest BCUT2D eigenvalue weighted by Gasteiger charge is 2.13. The molecule has 0 N–H and O–H groups in total. The highest BCUT2D eigenvalue weighted by Crippen LogP contribution is 2.26. The van der Waals surface area contributed by atoms with Gasteiger partial charge < -0.3 is 9.47 Å². The van der Waals surface area contributed by atoms with Crippen molar-refractivity contribution in [2.45, 2.75) is 26.2 Å². The Morgan fingerprint density at radius 1 is 1.31 bits per heavy atom. The van der Waals surface area contributed by atoms with Gasteiger partial charge in [0.1, 0.15) is 6.10 Å². The third-order valence-corrected chi connectivity index (χ3v) is 3.42. The summed E-state index contributed by atoms with van der Waals surface area (Å²) in [5, 5.41) is 0. The van der Waals surface area contributed by atoms with Crippen LogP contribution >= 0.6 is 0 Å². The van der Waals surface area contributed by atoms with Crippen LogP contribution in [-0.4, -0.2) is 47.6 Å². The fourth-order valence-electron chi connectivity index (χ4n) is 2.39.